The molecule has 0 atom stereocenters. The average Bonchev–Trinajstić information content (AvgIpc) is 2.69. The standard InChI is InChI=1S/C23H23NO3/c1-17-5-6-20(12-18(17)2)13-23(25)27-15-19-7-9-22(10-8-19)26-16-21-4-3-11-24-14-21/h3-12,14H,13,15-16H2,1-2H3. The average molecular weight is 361 g/mol. The lowest BCUT2D eigenvalue weighted by molar-refractivity contribution is -0.144. The minimum atomic E-state index is -0.227. The van der Waals surface area contributed by atoms with Gasteiger partial charge in [-0.3, -0.25) is 9.78 Å². The van der Waals surface area contributed by atoms with Crippen LogP contribution in [-0.4, -0.2) is 11.0 Å². The van der Waals surface area contributed by atoms with E-state index in [4.69, 9.17) is 9.47 Å². The first-order valence-corrected chi connectivity index (χ1v) is 8.92. The number of hydrogen-bond acceptors (Lipinski definition) is 4. The van der Waals surface area contributed by atoms with Crippen molar-refractivity contribution in [3.8, 4) is 5.75 Å². The highest BCUT2D eigenvalue weighted by Gasteiger charge is 2.07. The number of ether oxygens (including phenoxy) is 2. The molecule has 0 aliphatic rings. The van der Waals surface area contributed by atoms with Crippen LogP contribution in [0.15, 0.2) is 67.0 Å². The molecule has 3 aromatic rings. The van der Waals surface area contributed by atoms with E-state index in [9.17, 15) is 4.79 Å². The zero-order valence-corrected chi connectivity index (χ0v) is 15.6. The zero-order valence-electron chi connectivity index (χ0n) is 15.6. The van der Waals surface area contributed by atoms with Crippen molar-refractivity contribution in [2.75, 3.05) is 0 Å². The highest BCUT2D eigenvalue weighted by atomic mass is 16.5. The molecule has 1 heterocycles. The molecule has 27 heavy (non-hydrogen) atoms. The minimum absolute atomic E-state index is 0.227. The molecule has 0 amide bonds. The first-order valence-electron chi connectivity index (χ1n) is 8.92. The summed E-state index contributed by atoms with van der Waals surface area (Å²) in [7, 11) is 0. The molecule has 0 bridgehead atoms. The third kappa shape index (κ3) is 5.68. The third-order valence-electron chi connectivity index (χ3n) is 4.37. The Bertz CT molecular complexity index is 889. The maximum absolute atomic E-state index is 12.1. The van der Waals surface area contributed by atoms with Crippen LogP contribution in [0.5, 0.6) is 5.75 Å². The Balaban J connectivity index is 1.46. The van der Waals surface area contributed by atoms with E-state index in [-0.39, 0.29) is 19.0 Å². The van der Waals surface area contributed by atoms with Crippen molar-refractivity contribution in [2.45, 2.75) is 33.5 Å². The molecular weight excluding hydrogens is 338 g/mol. The van der Waals surface area contributed by atoms with Gasteiger partial charge in [-0.05, 0) is 54.3 Å². The molecule has 0 spiro atoms. The predicted molar refractivity (Wildman–Crippen MR) is 104 cm³/mol. The number of aryl methyl sites for hydroxylation is 2. The third-order valence-corrected chi connectivity index (χ3v) is 4.37. The summed E-state index contributed by atoms with van der Waals surface area (Å²) in [6.07, 6.45) is 3.80. The van der Waals surface area contributed by atoms with Gasteiger partial charge in [-0.1, -0.05) is 36.4 Å². The molecule has 0 unspecified atom stereocenters. The topological polar surface area (TPSA) is 48.4 Å². The van der Waals surface area contributed by atoms with E-state index < -0.39 is 0 Å². The van der Waals surface area contributed by atoms with Gasteiger partial charge in [0.1, 0.15) is 19.0 Å². The maximum atomic E-state index is 12.1. The van der Waals surface area contributed by atoms with Crippen LogP contribution in [0.25, 0.3) is 0 Å². The van der Waals surface area contributed by atoms with Gasteiger partial charge in [-0.2, -0.15) is 0 Å². The monoisotopic (exact) mass is 361 g/mol. The fourth-order valence-electron chi connectivity index (χ4n) is 2.63. The summed E-state index contributed by atoms with van der Waals surface area (Å²) in [5.41, 5.74) is 5.32. The van der Waals surface area contributed by atoms with Crippen LogP contribution in [0.3, 0.4) is 0 Å². The van der Waals surface area contributed by atoms with Crippen molar-refractivity contribution in [1.29, 1.82) is 0 Å². The molecule has 0 fully saturated rings. The smallest absolute Gasteiger partial charge is 0.310 e. The van der Waals surface area contributed by atoms with E-state index >= 15 is 0 Å². The lowest BCUT2D eigenvalue weighted by atomic mass is 10.0. The molecule has 0 saturated carbocycles. The van der Waals surface area contributed by atoms with E-state index in [1.165, 1.54) is 11.1 Å². The number of hydrogen-bond donors (Lipinski definition) is 0. The molecule has 0 aliphatic heterocycles. The van der Waals surface area contributed by atoms with Gasteiger partial charge in [0.25, 0.3) is 0 Å². The summed E-state index contributed by atoms with van der Waals surface area (Å²) < 4.78 is 11.1. The summed E-state index contributed by atoms with van der Waals surface area (Å²) in [4.78, 5) is 16.1. The van der Waals surface area contributed by atoms with Gasteiger partial charge in [0, 0.05) is 18.0 Å². The zero-order chi connectivity index (χ0) is 19.1. The summed E-state index contributed by atoms with van der Waals surface area (Å²) in [6.45, 7) is 4.83. The number of aromatic nitrogens is 1. The van der Waals surface area contributed by atoms with Crippen LogP contribution >= 0.6 is 0 Å². The number of pyridine rings is 1. The second kappa shape index (κ2) is 8.99. The van der Waals surface area contributed by atoms with Gasteiger partial charge in [-0.15, -0.1) is 0 Å². The van der Waals surface area contributed by atoms with Crippen molar-refractivity contribution >= 4 is 5.97 Å². The van der Waals surface area contributed by atoms with E-state index in [1.807, 2.05) is 61.5 Å². The molecule has 2 aromatic carbocycles. The molecule has 0 aliphatic carbocycles. The summed E-state index contributed by atoms with van der Waals surface area (Å²) in [6, 6.07) is 17.4. The van der Waals surface area contributed by atoms with E-state index in [2.05, 4.69) is 11.9 Å². The Morgan fingerprint density at radius 3 is 2.37 bits per heavy atom. The molecule has 1 aromatic heterocycles. The fourth-order valence-corrected chi connectivity index (χ4v) is 2.63. The Morgan fingerprint density at radius 2 is 1.67 bits per heavy atom. The van der Waals surface area contributed by atoms with Crippen LogP contribution in [-0.2, 0) is 29.2 Å². The van der Waals surface area contributed by atoms with Crippen LogP contribution < -0.4 is 4.74 Å². The lowest BCUT2D eigenvalue weighted by Gasteiger charge is -2.09. The minimum Gasteiger partial charge on any atom is -0.489 e. The second-order valence-electron chi connectivity index (χ2n) is 6.55. The van der Waals surface area contributed by atoms with Crippen LogP contribution in [0.1, 0.15) is 27.8 Å². The van der Waals surface area contributed by atoms with Gasteiger partial charge in [-0.25, -0.2) is 0 Å². The molecule has 4 nitrogen and oxygen atoms in total. The van der Waals surface area contributed by atoms with Gasteiger partial charge in [0.2, 0.25) is 0 Å². The maximum Gasteiger partial charge on any atom is 0.310 e. The molecule has 4 heteroatoms. The largest absolute Gasteiger partial charge is 0.489 e. The molecular formula is C23H23NO3. The number of rotatable bonds is 7. The van der Waals surface area contributed by atoms with E-state index in [0.29, 0.717) is 6.61 Å². The van der Waals surface area contributed by atoms with Crippen molar-refractivity contribution in [3.63, 3.8) is 0 Å². The van der Waals surface area contributed by atoms with E-state index in [1.54, 1.807) is 12.4 Å². The normalized spacial score (nSPS) is 10.4. The summed E-state index contributed by atoms with van der Waals surface area (Å²) in [5.74, 6) is 0.541. The van der Waals surface area contributed by atoms with Crippen molar-refractivity contribution in [2.24, 2.45) is 0 Å². The number of benzene rings is 2. The van der Waals surface area contributed by atoms with Crippen molar-refractivity contribution in [1.82, 2.24) is 4.98 Å². The van der Waals surface area contributed by atoms with Crippen molar-refractivity contribution in [3.05, 3.63) is 94.8 Å². The molecule has 0 saturated heterocycles. The van der Waals surface area contributed by atoms with Gasteiger partial charge in [0.05, 0.1) is 6.42 Å². The Labute approximate surface area is 159 Å². The first-order chi connectivity index (χ1) is 13.1. The lowest BCUT2D eigenvalue weighted by Crippen LogP contribution is -2.08. The predicted octanol–water partition coefficient (Wildman–Crippen LogP) is 4.56. The highest BCUT2D eigenvalue weighted by Crippen LogP contribution is 2.15. The summed E-state index contributed by atoms with van der Waals surface area (Å²) in [5, 5.41) is 0. The SMILES string of the molecule is Cc1ccc(CC(=O)OCc2ccc(OCc3cccnc3)cc2)cc1C. The fraction of sp³-hybridized carbons (Fsp3) is 0.217. The number of carbonyl (C=O) groups excluding carboxylic acids is 1. The van der Waals surface area contributed by atoms with Gasteiger partial charge >= 0.3 is 5.97 Å². The highest BCUT2D eigenvalue weighted by molar-refractivity contribution is 5.72. The number of nitrogens with zero attached hydrogens (tertiary/aromatic N) is 1. The quantitative estimate of drug-likeness (QED) is 0.579. The Morgan fingerprint density at radius 1 is 0.889 bits per heavy atom. The number of esters is 1. The Kier molecular flexibility index (Phi) is 6.21. The Hall–Kier alpha value is -3.14. The molecule has 3 rings (SSSR count). The van der Waals surface area contributed by atoms with Gasteiger partial charge < -0.3 is 9.47 Å². The van der Waals surface area contributed by atoms with Crippen LogP contribution in [0, 0.1) is 13.8 Å². The first kappa shape index (κ1) is 18.6. The van der Waals surface area contributed by atoms with Crippen LogP contribution in [0.4, 0.5) is 0 Å². The molecule has 138 valence electrons. The number of carbonyl (C=O) groups is 1. The van der Waals surface area contributed by atoms with E-state index in [0.717, 1.165) is 22.4 Å². The van der Waals surface area contributed by atoms with Crippen LogP contribution in [0.2, 0.25) is 0 Å². The molecule has 0 radical (unpaired) electrons. The molecule has 0 N–H and O–H groups in total. The van der Waals surface area contributed by atoms with Crippen molar-refractivity contribution < 1.29 is 14.3 Å². The second-order valence-corrected chi connectivity index (χ2v) is 6.55. The van der Waals surface area contributed by atoms with Gasteiger partial charge in [0.15, 0.2) is 0 Å². The summed E-state index contributed by atoms with van der Waals surface area (Å²) >= 11 is 0.